The van der Waals surface area contributed by atoms with Gasteiger partial charge in [-0.15, -0.1) is 10.2 Å². The molecule has 4 heterocycles. The maximum absolute atomic E-state index is 12.7. The summed E-state index contributed by atoms with van der Waals surface area (Å²) in [5.74, 6) is 1.28. The molecule has 142 valence electrons. The van der Waals surface area contributed by atoms with Crippen molar-refractivity contribution in [2.24, 2.45) is 7.05 Å². The van der Waals surface area contributed by atoms with E-state index in [-0.39, 0.29) is 11.6 Å². The first kappa shape index (κ1) is 17.8. The van der Waals surface area contributed by atoms with Gasteiger partial charge < -0.3 is 13.9 Å². The molecule has 0 bridgehead atoms. The van der Waals surface area contributed by atoms with Crippen LogP contribution in [0.2, 0.25) is 0 Å². The lowest BCUT2D eigenvalue weighted by Crippen LogP contribution is -2.39. The summed E-state index contributed by atoms with van der Waals surface area (Å²) in [6, 6.07) is 3.79. The number of nitrogens with zero attached hydrogens (tertiary/aromatic N) is 7. The molecule has 0 spiro atoms. The van der Waals surface area contributed by atoms with Gasteiger partial charge in [0.15, 0.2) is 10.9 Å². The van der Waals surface area contributed by atoms with Crippen molar-refractivity contribution in [1.29, 1.82) is 0 Å². The molecule has 0 radical (unpaired) electrons. The summed E-state index contributed by atoms with van der Waals surface area (Å²) in [6.07, 6.45) is 6.42. The van der Waals surface area contributed by atoms with Crippen LogP contribution in [0.15, 0.2) is 42.1 Å². The predicted octanol–water partition coefficient (Wildman–Crippen LogP) is 0.328. The summed E-state index contributed by atoms with van der Waals surface area (Å²) in [5.41, 5.74) is 0.975. The highest BCUT2D eigenvalue weighted by molar-refractivity contribution is 7.89. The fourth-order valence-corrected chi connectivity index (χ4v) is 4.26. The van der Waals surface area contributed by atoms with Crippen molar-refractivity contribution in [3.8, 4) is 0 Å². The minimum Gasteiger partial charge on any atom is -0.369 e. The minimum atomic E-state index is -3.65. The molecule has 3 aromatic rings. The van der Waals surface area contributed by atoms with Gasteiger partial charge >= 0.3 is 0 Å². The molecule has 0 saturated carbocycles. The van der Waals surface area contributed by atoms with Crippen LogP contribution in [0.5, 0.6) is 0 Å². The molecule has 0 aliphatic carbocycles. The first-order valence-corrected chi connectivity index (χ1v) is 9.84. The van der Waals surface area contributed by atoms with Crippen molar-refractivity contribution in [1.82, 2.24) is 33.6 Å². The maximum Gasteiger partial charge on any atom is 0.262 e. The fraction of sp³-hybridized carbons (Fsp3) is 0.375. The maximum atomic E-state index is 12.7. The highest BCUT2D eigenvalue weighted by Gasteiger charge is 2.32. The zero-order chi connectivity index (χ0) is 18.9. The fourth-order valence-electron chi connectivity index (χ4n) is 2.91. The average Bonchev–Trinajstić information content (AvgIpc) is 3.29. The lowest BCUT2D eigenvalue weighted by molar-refractivity contribution is 0.0979. The molecule has 10 nitrogen and oxygen atoms in total. The van der Waals surface area contributed by atoms with E-state index in [1.165, 1.54) is 16.8 Å². The van der Waals surface area contributed by atoms with Gasteiger partial charge in [-0.3, -0.25) is 4.98 Å². The number of imidazole rings is 1. The van der Waals surface area contributed by atoms with Crippen molar-refractivity contribution >= 4 is 10.0 Å². The number of pyridine rings is 1. The first-order valence-electron chi connectivity index (χ1n) is 8.40. The number of aromatic nitrogens is 6. The minimum absolute atomic E-state index is 0.0398. The molecule has 0 N–H and O–H groups in total. The molecule has 27 heavy (non-hydrogen) atoms. The Morgan fingerprint density at radius 3 is 2.85 bits per heavy atom. The van der Waals surface area contributed by atoms with E-state index in [0.29, 0.717) is 38.0 Å². The lowest BCUT2D eigenvalue weighted by atomic mass is 10.3. The topological polar surface area (TPSA) is 108 Å². The van der Waals surface area contributed by atoms with Crippen LogP contribution >= 0.6 is 0 Å². The van der Waals surface area contributed by atoms with E-state index in [1.807, 2.05) is 16.7 Å². The number of hydrogen-bond donors (Lipinski definition) is 0. The second-order valence-corrected chi connectivity index (χ2v) is 8.14. The Balaban J connectivity index is 1.43. The SMILES string of the molecule is Cn1cnc(S(=O)(=O)N2CCn3c(COCc4cccnc4)nnc3C2)c1. The molecule has 0 saturated heterocycles. The Kier molecular flexibility index (Phi) is 4.72. The van der Waals surface area contributed by atoms with Gasteiger partial charge in [0.1, 0.15) is 12.4 Å². The Morgan fingerprint density at radius 1 is 1.22 bits per heavy atom. The van der Waals surface area contributed by atoms with Crippen LogP contribution < -0.4 is 0 Å². The summed E-state index contributed by atoms with van der Waals surface area (Å²) in [6.45, 7) is 1.69. The van der Waals surface area contributed by atoms with E-state index in [0.717, 1.165) is 5.56 Å². The molecule has 0 fully saturated rings. The summed E-state index contributed by atoms with van der Waals surface area (Å²) in [7, 11) is -1.91. The molecule has 1 aliphatic rings. The third-order valence-electron chi connectivity index (χ3n) is 4.30. The summed E-state index contributed by atoms with van der Waals surface area (Å²) in [4.78, 5) is 8.00. The third kappa shape index (κ3) is 3.61. The monoisotopic (exact) mass is 389 g/mol. The Hall–Kier alpha value is -2.63. The number of fused-ring (bicyclic) bond motifs is 1. The summed E-state index contributed by atoms with van der Waals surface area (Å²) < 4.78 is 36.0. The Morgan fingerprint density at radius 2 is 2.11 bits per heavy atom. The van der Waals surface area contributed by atoms with Gasteiger partial charge in [-0.2, -0.15) is 4.31 Å². The predicted molar refractivity (Wildman–Crippen MR) is 93.6 cm³/mol. The van der Waals surface area contributed by atoms with Crippen LogP contribution in [0, 0.1) is 0 Å². The van der Waals surface area contributed by atoms with Gasteiger partial charge in [0.25, 0.3) is 10.0 Å². The highest BCUT2D eigenvalue weighted by Crippen LogP contribution is 2.20. The van der Waals surface area contributed by atoms with E-state index in [1.54, 1.807) is 24.0 Å². The van der Waals surface area contributed by atoms with Gasteiger partial charge in [0.05, 0.1) is 19.5 Å². The van der Waals surface area contributed by atoms with Crippen molar-refractivity contribution < 1.29 is 13.2 Å². The lowest BCUT2D eigenvalue weighted by Gasteiger charge is -2.26. The molecular weight excluding hydrogens is 370 g/mol. The van der Waals surface area contributed by atoms with Crippen molar-refractivity contribution in [3.63, 3.8) is 0 Å². The molecule has 3 aromatic heterocycles. The van der Waals surface area contributed by atoms with Crippen LogP contribution in [-0.4, -0.2) is 48.6 Å². The Labute approximate surface area is 156 Å². The van der Waals surface area contributed by atoms with E-state index < -0.39 is 10.0 Å². The molecule has 4 rings (SSSR count). The molecule has 0 unspecified atom stereocenters. The zero-order valence-corrected chi connectivity index (χ0v) is 15.6. The number of ether oxygens (including phenoxy) is 1. The second-order valence-electron chi connectivity index (χ2n) is 6.25. The number of rotatable bonds is 6. The first-order chi connectivity index (χ1) is 13.0. The summed E-state index contributed by atoms with van der Waals surface area (Å²) >= 11 is 0. The standard InChI is InChI=1S/C16H19N7O3S/c1-21-9-16(18-12-21)27(24,25)22-5-6-23-14(8-22)19-20-15(23)11-26-10-13-3-2-4-17-7-13/h2-4,7,9,12H,5-6,8,10-11H2,1H3. The quantitative estimate of drug-likeness (QED) is 0.598. The third-order valence-corrected chi connectivity index (χ3v) is 6.03. The normalized spacial score (nSPS) is 15.0. The molecular formula is C16H19N7O3S. The van der Waals surface area contributed by atoms with Crippen molar-refractivity contribution in [2.75, 3.05) is 6.54 Å². The highest BCUT2D eigenvalue weighted by atomic mass is 32.2. The van der Waals surface area contributed by atoms with Gasteiger partial charge in [0, 0.05) is 38.7 Å². The van der Waals surface area contributed by atoms with Crippen LogP contribution in [-0.2, 0) is 48.1 Å². The molecule has 0 atom stereocenters. The molecule has 0 aromatic carbocycles. The van der Waals surface area contributed by atoms with E-state index >= 15 is 0 Å². The van der Waals surface area contributed by atoms with E-state index in [9.17, 15) is 8.42 Å². The largest absolute Gasteiger partial charge is 0.369 e. The van der Waals surface area contributed by atoms with Gasteiger partial charge in [-0.05, 0) is 11.6 Å². The average molecular weight is 389 g/mol. The number of hydrogen-bond acceptors (Lipinski definition) is 7. The van der Waals surface area contributed by atoms with Crippen LogP contribution in [0.1, 0.15) is 17.2 Å². The molecule has 1 aliphatic heterocycles. The van der Waals surface area contributed by atoms with Gasteiger partial charge in [0.2, 0.25) is 0 Å². The molecule has 11 heteroatoms. The van der Waals surface area contributed by atoms with Crippen molar-refractivity contribution in [2.45, 2.75) is 31.3 Å². The van der Waals surface area contributed by atoms with E-state index in [4.69, 9.17) is 4.74 Å². The number of sulfonamides is 1. The van der Waals surface area contributed by atoms with E-state index in [2.05, 4.69) is 20.2 Å². The Bertz CT molecular complexity index is 1030. The van der Waals surface area contributed by atoms with Gasteiger partial charge in [-0.25, -0.2) is 13.4 Å². The molecule has 0 amide bonds. The van der Waals surface area contributed by atoms with Crippen LogP contribution in [0.4, 0.5) is 0 Å². The van der Waals surface area contributed by atoms with Gasteiger partial charge in [-0.1, -0.05) is 6.07 Å². The summed E-state index contributed by atoms with van der Waals surface area (Å²) in [5, 5.41) is 8.33. The number of aryl methyl sites for hydroxylation is 1. The zero-order valence-electron chi connectivity index (χ0n) is 14.8. The van der Waals surface area contributed by atoms with Crippen LogP contribution in [0.3, 0.4) is 0 Å². The smallest absolute Gasteiger partial charge is 0.262 e. The van der Waals surface area contributed by atoms with Crippen molar-refractivity contribution in [3.05, 3.63) is 54.3 Å². The second kappa shape index (κ2) is 7.18. The van der Waals surface area contributed by atoms with Crippen LogP contribution in [0.25, 0.3) is 0 Å².